The van der Waals surface area contributed by atoms with Crippen LogP contribution in [-0.2, 0) is 23.8 Å². The van der Waals surface area contributed by atoms with Crippen LogP contribution in [0.15, 0.2) is 109 Å². The quantitative estimate of drug-likeness (QED) is 0.0195. The number of ether oxygens (including phenoxy) is 3. The first-order valence-corrected chi connectivity index (χ1v) is 32.2. The van der Waals surface area contributed by atoms with Crippen LogP contribution in [-0.4, -0.2) is 99.6 Å². The Kier molecular flexibility index (Phi) is 51.9. The third-order valence-electron chi connectivity index (χ3n) is 14.4. The van der Waals surface area contributed by atoms with E-state index in [1.165, 1.54) is 83.5 Å². The van der Waals surface area contributed by atoms with Crippen molar-refractivity contribution in [2.24, 2.45) is 0 Å². The van der Waals surface area contributed by atoms with E-state index < -0.39 is 67.4 Å². The highest BCUT2D eigenvalue weighted by Gasteiger charge is 2.47. The van der Waals surface area contributed by atoms with Crippen molar-refractivity contribution in [3.8, 4) is 0 Å². The molecule has 11 nitrogen and oxygen atoms in total. The molecule has 8 unspecified atom stereocenters. The summed E-state index contributed by atoms with van der Waals surface area (Å²) in [5, 5.41) is 57.0. The third kappa shape index (κ3) is 43.1. The molecule has 0 radical (unpaired) electrons. The van der Waals surface area contributed by atoms with Gasteiger partial charge in [0.15, 0.2) is 12.4 Å². The van der Waals surface area contributed by atoms with Crippen LogP contribution in [0, 0.1) is 0 Å². The smallest absolute Gasteiger partial charge is 0.306 e. The summed E-state index contributed by atoms with van der Waals surface area (Å²) in [4.78, 5) is 26.6. The summed E-state index contributed by atoms with van der Waals surface area (Å²) < 4.78 is 17.6. The van der Waals surface area contributed by atoms with Gasteiger partial charge in [0.25, 0.3) is 0 Å². The predicted molar refractivity (Wildman–Crippen MR) is 333 cm³/mol. The molecule has 80 heavy (non-hydrogen) atoms. The fourth-order valence-electron chi connectivity index (χ4n) is 9.40. The molecule has 1 aliphatic rings. The Morgan fingerprint density at radius 3 is 1.35 bits per heavy atom. The van der Waals surface area contributed by atoms with Gasteiger partial charge in [-0.05, 0) is 103 Å². The third-order valence-corrected chi connectivity index (χ3v) is 14.4. The monoisotopic (exact) mass is 1120 g/mol. The summed E-state index contributed by atoms with van der Waals surface area (Å²) in [5.74, 6) is -1.23. The SMILES string of the molecule is CC/C=C\C/C=C\C/C=C\C/C=C\C/C=C\CCCCCCCCCCCC(=O)OC1C(OCC(NC(=O)C(O)CCCCC/C=C/C/C=C/C/C=C/CC)C(O)/C=C/CCCCCCCCCCCCC)OC(CO)C(O)C1O. The first kappa shape index (κ1) is 74.3. The summed E-state index contributed by atoms with van der Waals surface area (Å²) in [6, 6.07) is -1.04. The number of carbonyl (C=O) groups excluding carboxylic acids is 2. The Labute approximate surface area is 488 Å². The largest absolute Gasteiger partial charge is 0.454 e. The van der Waals surface area contributed by atoms with Gasteiger partial charge in [0.1, 0.15) is 24.4 Å². The van der Waals surface area contributed by atoms with Crippen molar-refractivity contribution in [3.63, 3.8) is 0 Å². The fraction of sp³-hybridized carbons (Fsp3) is 0.710. The number of unbranched alkanes of at least 4 members (excludes halogenated alkanes) is 23. The zero-order valence-electron chi connectivity index (χ0n) is 50.7. The molecule has 1 rings (SSSR count). The van der Waals surface area contributed by atoms with Crippen LogP contribution in [0.1, 0.15) is 252 Å². The van der Waals surface area contributed by atoms with Crippen molar-refractivity contribution in [3.05, 3.63) is 109 Å². The molecule has 0 aromatic heterocycles. The molecule has 1 saturated heterocycles. The van der Waals surface area contributed by atoms with Crippen LogP contribution in [0.5, 0.6) is 0 Å². The summed E-state index contributed by atoms with van der Waals surface area (Å²) in [6.45, 7) is 5.54. The van der Waals surface area contributed by atoms with E-state index in [1.807, 2.05) is 6.08 Å². The maximum atomic E-state index is 13.4. The molecule has 1 fully saturated rings. The van der Waals surface area contributed by atoms with Gasteiger partial charge in [0, 0.05) is 6.42 Å². The summed E-state index contributed by atoms with van der Waals surface area (Å²) in [5.41, 5.74) is 0. The molecule has 0 aromatic rings. The van der Waals surface area contributed by atoms with Crippen molar-refractivity contribution in [1.29, 1.82) is 0 Å². The number of aliphatic hydroxyl groups excluding tert-OH is 5. The molecule has 458 valence electrons. The van der Waals surface area contributed by atoms with Crippen LogP contribution < -0.4 is 5.32 Å². The highest BCUT2D eigenvalue weighted by atomic mass is 16.7. The number of rotatable bonds is 53. The van der Waals surface area contributed by atoms with Gasteiger partial charge in [-0.15, -0.1) is 0 Å². The van der Waals surface area contributed by atoms with Gasteiger partial charge in [-0.2, -0.15) is 0 Å². The van der Waals surface area contributed by atoms with E-state index in [2.05, 4.69) is 123 Å². The van der Waals surface area contributed by atoms with Gasteiger partial charge >= 0.3 is 5.97 Å². The minimum atomic E-state index is -1.63. The zero-order valence-corrected chi connectivity index (χ0v) is 50.7. The highest BCUT2D eigenvalue weighted by molar-refractivity contribution is 5.80. The van der Waals surface area contributed by atoms with Crippen LogP contribution in [0.4, 0.5) is 0 Å². The van der Waals surface area contributed by atoms with Gasteiger partial charge in [-0.3, -0.25) is 9.59 Å². The first-order valence-electron chi connectivity index (χ1n) is 32.2. The number of allylic oxidation sites excluding steroid dienone is 17. The molecule has 0 spiro atoms. The van der Waals surface area contributed by atoms with Crippen molar-refractivity contribution in [2.45, 2.75) is 301 Å². The summed E-state index contributed by atoms with van der Waals surface area (Å²) in [7, 11) is 0. The Balaban J connectivity index is 2.63. The van der Waals surface area contributed by atoms with Crippen molar-refractivity contribution < 1.29 is 49.3 Å². The Hall–Kier alpha value is -3.68. The van der Waals surface area contributed by atoms with E-state index in [0.29, 0.717) is 12.8 Å². The molecule has 1 amide bonds. The average Bonchev–Trinajstić information content (AvgIpc) is 3.45. The molecule has 0 aromatic carbocycles. The number of amides is 1. The minimum Gasteiger partial charge on any atom is -0.454 e. The standard InChI is InChI=1S/C69H117NO10/c1-4-7-10-13-16-19-22-25-26-27-28-29-30-31-32-33-34-35-36-39-42-45-48-51-54-57-64(74)80-67-66(76)65(75)63(58-71)79-69(67)78-59-60(61(72)55-52-49-46-43-40-37-23-20-17-14-11-8-5-2)70-68(77)62(73)56-53-50-47-44-41-38-24-21-18-15-12-9-6-3/h7,9-10,12,16,18-19,21,25-26,28-29,31-32,38,41,52,55,60-63,65-67,69,71-73,75-76H,4-6,8,11,13-15,17,20,22-24,27,30,33-37,39-40,42-51,53-54,56-59H2,1-3H3,(H,70,77)/b10-7-,12-9+,19-16-,21-18+,26-25-,29-28-,32-31-,41-38+,55-52+. The van der Waals surface area contributed by atoms with E-state index in [1.54, 1.807) is 6.08 Å². The molecule has 8 atom stereocenters. The van der Waals surface area contributed by atoms with E-state index in [0.717, 1.165) is 122 Å². The molecule has 6 N–H and O–H groups in total. The zero-order chi connectivity index (χ0) is 58.2. The Bertz CT molecular complexity index is 1710. The second kappa shape index (κ2) is 55.8. The van der Waals surface area contributed by atoms with Gasteiger partial charge in [0.2, 0.25) is 5.91 Å². The summed E-state index contributed by atoms with van der Waals surface area (Å²) >= 11 is 0. The Morgan fingerprint density at radius 1 is 0.500 bits per heavy atom. The molecule has 0 bridgehead atoms. The number of carbonyl (C=O) groups is 2. The maximum Gasteiger partial charge on any atom is 0.306 e. The average molecular weight is 1120 g/mol. The lowest BCUT2D eigenvalue weighted by Crippen LogP contribution is -2.61. The molecular weight excluding hydrogens is 1000 g/mol. The van der Waals surface area contributed by atoms with E-state index >= 15 is 0 Å². The number of nitrogens with one attached hydrogen (secondary N) is 1. The molecule has 1 aliphatic heterocycles. The number of esters is 1. The van der Waals surface area contributed by atoms with E-state index in [9.17, 15) is 35.1 Å². The maximum absolute atomic E-state index is 13.4. The van der Waals surface area contributed by atoms with Gasteiger partial charge in [-0.1, -0.05) is 252 Å². The lowest BCUT2D eigenvalue weighted by Gasteiger charge is -2.41. The normalized spacial score (nSPS) is 19.5. The number of hydrogen-bond donors (Lipinski definition) is 6. The number of aliphatic hydroxyl groups is 5. The van der Waals surface area contributed by atoms with Crippen LogP contribution >= 0.6 is 0 Å². The lowest BCUT2D eigenvalue weighted by molar-refractivity contribution is -0.305. The molecular formula is C69H117NO10. The minimum absolute atomic E-state index is 0.107. The van der Waals surface area contributed by atoms with Crippen LogP contribution in [0.2, 0.25) is 0 Å². The molecule has 0 aliphatic carbocycles. The highest BCUT2D eigenvalue weighted by Crippen LogP contribution is 2.26. The number of hydrogen-bond acceptors (Lipinski definition) is 10. The van der Waals surface area contributed by atoms with Gasteiger partial charge < -0.3 is 45.1 Å². The summed E-state index contributed by atoms with van der Waals surface area (Å²) in [6.07, 6.45) is 65.6. The molecule has 1 heterocycles. The van der Waals surface area contributed by atoms with Crippen molar-refractivity contribution >= 4 is 11.9 Å². The molecule has 0 saturated carbocycles. The Morgan fingerprint density at radius 2 is 0.900 bits per heavy atom. The van der Waals surface area contributed by atoms with Crippen LogP contribution in [0.25, 0.3) is 0 Å². The second-order valence-corrected chi connectivity index (χ2v) is 21.7. The second-order valence-electron chi connectivity index (χ2n) is 21.7. The van der Waals surface area contributed by atoms with Crippen molar-refractivity contribution in [2.75, 3.05) is 13.2 Å². The van der Waals surface area contributed by atoms with Crippen molar-refractivity contribution in [1.82, 2.24) is 5.32 Å². The topological polar surface area (TPSA) is 175 Å². The van der Waals surface area contributed by atoms with Gasteiger partial charge in [-0.25, -0.2) is 0 Å². The van der Waals surface area contributed by atoms with E-state index in [4.69, 9.17) is 14.2 Å². The van der Waals surface area contributed by atoms with Crippen LogP contribution in [0.3, 0.4) is 0 Å². The predicted octanol–water partition coefficient (Wildman–Crippen LogP) is 15.7. The molecule has 11 heteroatoms. The van der Waals surface area contributed by atoms with E-state index in [-0.39, 0.29) is 19.4 Å². The van der Waals surface area contributed by atoms with Gasteiger partial charge in [0.05, 0.1) is 25.4 Å². The lowest BCUT2D eigenvalue weighted by atomic mass is 9.99. The fourth-order valence-corrected chi connectivity index (χ4v) is 9.40. The first-order chi connectivity index (χ1) is 39.2.